The Morgan fingerprint density at radius 1 is 1.25 bits per heavy atom. The minimum absolute atomic E-state index is 0.333. The van der Waals surface area contributed by atoms with Gasteiger partial charge in [-0.05, 0) is 6.04 Å². The Morgan fingerprint density at radius 3 is 2.15 bits per heavy atom. The van der Waals surface area contributed by atoms with Crippen LogP contribution < -0.4 is 20.5 Å². The van der Waals surface area contributed by atoms with Crippen LogP contribution in [-0.4, -0.2) is 38.0 Å². The molecule has 0 spiro atoms. The van der Waals surface area contributed by atoms with Gasteiger partial charge in [-0.25, -0.2) is 0 Å². The summed E-state index contributed by atoms with van der Waals surface area (Å²) in [5, 5.41) is 13.8. The Hall–Kier alpha value is -0.820. The minimum atomic E-state index is -0.523. The van der Waals surface area contributed by atoms with Crippen molar-refractivity contribution in [1.29, 1.82) is 0 Å². The molecule has 0 fully saturated rings. The highest BCUT2D eigenvalue weighted by Crippen LogP contribution is 2.39. The molecule has 1 aromatic heterocycles. The van der Waals surface area contributed by atoms with E-state index in [2.05, 4.69) is 5.32 Å². The first kappa shape index (κ1) is 19.2. The molecule has 0 aliphatic carbocycles. The van der Waals surface area contributed by atoms with Crippen molar-refractivity contribution in [3.63, 3.8) is 0 Å². The second kappa shape index (κ2) is 9.99. The van der Waals surface area contributed by atoms with E-state index in [9.17, 15) is 5.11 Å². The van der Waals surface area contributed by atoms with Crippen LogP contribution in [-0.2, 0) is 0 Å². The summed E-state index contributed by atoms with van der Waals surface area (Å²) in [6.07, 6.45) is -0.523. The van der Waals surface area contributed by atoms with Gasteiger partial charge >= 0.3 is 0 Å². The van der Waals surface area contributed by atoms with E-state index < -0.39 is 6.10 Å². The average Bonchev–Trinajstić information content (AvgIpc) is 2.78. The fraction of sp³-hybridized carbons (Fsp3) is 0.714. The zero-order valence-electron chi connectivity index (χ0n) is 13.3. The van der Waals surface area contributed by atoms with Crippen molar-refractivity contribution >= 4 is 11.3 Å². The number of aliphatic hydroxyl groups excluding tert-OH is 1. The van der Waals surface area contributed by atoms with Gasteiger partial charge in [0.15, 0.2) is 5.75 Å². The number of aliphatic hydroxyl groups is 1. The molecule has 1 aromatic rings. The summed E-state index contributed by atoms with van der Waals surface area (Å²) < 4.78 is 10.3. The van der Waals surface area contributed by atoms with Gasteiger partial charge in [0.25, 0.3) is 0 Å². The Balaban J connectivity index is 0.000000796. The van der Waals surface area contributed by atoms with Gasteiger partial charge in [0, 0.05) is 23.5 Å². The molecule has 118 valence electrons. The molecule has 20 heavy (non-hydrogen) atoms. The van der Waals surface area contributed by atoms with Crippen molar-refractivity contribution in [2.45, 2.75) is 45.9 Å². The van der Waals surface area contributed by atoms with E-state index in [4.69, 9.17) is 15.2 Å². The number of ether oxygens (including phenoxy) is 2. The molecule has 4 N–H and O–H groups in total. The van der Waals surface area contributed by atoms with E-state index in [1.165, 1.54) is 11.3 Å². The van der Waals surface area contributed by atoms with Crippen LogP contribution in [0.2, 0.25) is 0 Å². The van der Waals surface area contributed by atoms with E-state index in [0.717, 1.165) is 4.88 Å². The molecule has 6 heteroatoms. The molecule has 0 aliphatic rings. The predicted molar refractivity (Wildman–Crippen MR) is 84.8 cm³/mol. The number of nitrogens with one attached hydrogen (secondary N) is 1. The van der Waals surface area contributed by atoms with E-state index >= 15 is 0 Å². The fourth-order valence-corrected chi connectivity index (χ4v) is 2.20. The van der Waals surface area contributed by atoms with Crippen LogP contribution >= 0.6 is 11.3 Å². The number of nitrogens with two attached hydrogens (primary N) is 1. The van der Waals surface area contributed by atoms with Crippen molar-refractivity contribution in [1.82, 2.24) is 5.32 Å². The Bertz CT molecular complexity index is 343. The van der Waals surface area contributed by atoms with Gasteiger partial charge in [0.2, 0.25) is 5.06 Å². The van der Waals surface area contributed by atoms with Gasteiger partial charge in [-0.3, -0.25) is 0 Å². The molecule has 1 heterocycles. The quantitative estimate of drug-likeness (QED) is 0.751. The van der Waals surface area contributed by atoms with Gasteiger partial charge < -0.3 is 25.6 Å². The van der Waals surface area contributed by atoms with Crippen LogP contribution in [0.25, 0.3) is 0 Å². The third kappa shape index (κ3) is 7.69. The normalized spacial score (nSPS) is 12.1. The molecule has 1 rings (SSSR count). The molecular weight excluding hydrogens is 276 g/mol. The first-order valence-electron chi connectivity index (χ1n) is 6.70. The SMILES string of the molecule is CC(C)N.COc1cc(C(O)CNC(C)C)sc1OC. The van der Waals surface area contributed by atoms with Gasteiger partial charge in [-0.15, -0.1) is 0 Å². The first-order valence-corrected chi connectivity index (χ1v) is 7.52. The van der Waals surface area contributed by atoms with E-state index in [1.807, 2.05) is 33.8 Å². The summed E-state index contributed by atoms with van der Waals surface area (Å²) in [6, 6.07) is 2.51. The van der Waals surface area contributed by atoms with Gasteiger partial charge in [0.1, 0.15) is 6.10 Å². The smallest absolute Gasteiger partial charge is 0.217 e. The molecule has 0 saturated heterocycles. The lowest BCUT2D eigenvalue weighted by atomic mass is 10.2. The minimum Gasteiger partial charge on any atom is -0.492 e. The number of hydrogen-bond donors (Lipinski definition) is 3. The third-order valence-corrected chi connectivity index (χ3v) is 3.32. The van der Waals surface area contributed by atoms with Crippen LogP contribution in [0, 0.1) is 0 Å². The lowest BCUT2D eigenvalue weighted by molar-refractivity contribution is 0.175. The predicted octanol–water partition coefficient (Wildman–Crippen LogP) is 2.15. The molecule has 1 atom stereocenters. The molecule has 5 nitrogen and oxygen atoms in total. The van der Waals surface area contributed by atoms with Gasteiger partial charge in [-0.2, -0.15) is 0 Å². The maximum absolute atomic E-state index is 9.94. The Kier molecular flexibility index (Phi) is 9.58. The zero-order chi connectivity index (χ0) is 15.7. The van der Waals surface area contributed by atoms with Crippen LogP contribution in [0.15, 0.2) is 6.07 Å². The van der Waals surface area contributed by atoms with Crippen molar-refractivity contribution in [2.24, 2.45) is 5.73 Å². The van der Waals surface area contributed by atoms with E-state index in [1.54, 1.807) is 14.2 Å². The summed E-state index contributed by atoms with van der Waals surface area (Å²) in [7, 11) is 3.18. The van der Waals surface area contributed by atoms with Crippen LogP contribution in [0.1, 0.15) is 38.7 Å². The fourth-order valence-electron chi connectivity index (χ4n) is 1.27. The molecule has 0 radical (unpaired) electrons. The lowest BCUT2D eigenvalue weighted by Crippen LogP contribution is -2.27. The lowest BCUT2D eigenvalue weighted by Gasteiger charge is -2.12. The summed E-state index contributed by atoms with van der Waals surface area (Å²) in [6.45, 7) is 8.51. The summed E-state index contributed by atoms with van der Waals surface area (Å²) >= 11 is 1.41. The Labute approximate surface area is 126 Å². The third-order valence-electron chi connectivity index (χ3n) is 2.14. The molecule has 0 saturated carbocycles. The van der Waals surface area contributed by atoms with E-state index in [0.29, 0.717) is 29.4 Å². The average molecular weight is 304 g/mol. The first-order chi connectivity index (χ1) is 9.31. The molecule has 0 bridgehead atoms. The number of rotatable bonds is 6. The maximum Gasteiger partial charge on any atom is 0.217 e. The van der Waals surface area contributed by atoms with Crippen molar-refractivity contribution in [3.05, 3.63) is 10.9 Å². The molecule has 0 aromatic carbocycles. The highest BCUT2D eigenvalue weighted by atomic mass is 32.1. The largest absolute Gasteiger partial charge is 0.492 e. The zero-order valence-corrected chi connectivity index (χ0v) is 14.1. The molecule has 0 amide bonds. The van der Waals surface area contributed by atoms with E-state index in [-0.39, 0.29) is 0 Å². The number of methoxy groups -OCH3 is 2. The second-order valence-electron chi connectivity index (χ2n) is 5.03. The second-order valence-corrected chi connectivity index (χ2v) is 6.08. The summed E-state index contributed by atoms with van der Waals surface area (Å²) in [5.74, 6) is 0.672. The topological polar surface area (TPSA) is 76.7 Å². The van der Waals surface area contributed by atoms with Crippen LogP contribution in [0.5, 0.6) is 10.8 Å². The summed E-state index contributed by atoms with van der Waals surface area (Å²) in [4.78, 5) is 0.849. The van der Waals surface area contributed by atoms with Crippen molar-refractivity contribution in [2.75, 3.05) is 20.8 Å². The van der Waals surface area contributed by atoms with Crippen LogP contribution in [0.4, 0.5) is 0 Å². The summed E-state index contributed by atoms with van der Waals surface area (Å²) in [5.41, 5.74) is 5.11. The Morgan fingerprint density at radius 2 is 1.80 bits per heavy atom. The van der Waals surface area contributed by atoms with Crippen molar-refractivity contribution < 1.29 is 14.6 Å². The van der Waals surface area contributed by atoms with Gasteiger partial charge in [-0.1, -0.05) is 39.0 Å². The highest BCUT2D eigenvalue weighted by molar-refractivity contribution is 7.14. The highest BCUT2D eigenvalue weighted by Gasteiger charge is 2.16. The monoisotopic (exact) mass is 304 g/mol. The van der Waals surface area contributed by atoms with Crippen LogP contribution in [0.3, 0.4) is 0 Å². The molecule has 0 aliphatic heterocycles. The van der Waals surface area contributed by atoms with Gasteiger partial charge in [0.05, 0.1) is 14.2 Å². The van der Waals surface area contributed by atoms with Crippen molar-refractivity contribution in [3.8, 4) is 10.8 Å². The number of thiophene rings is 1. The standard InChI is InChI=1S/C11H19NO3S.C3H9N/c1-7(2)12-6-8(13)10-5-9(14-3)11(15-4)16-10;1-3(2)4/h5,7-8,12-13H,6H2,1-4H3;3H,4H2,1-2H3. The molecule has 1 unspecified atom stereocenters. The number of hydrogen-bond acceptors (Lipinski definition) is 6. The molecular formula is C14H28N2O3S. The maximum atomic E-state index is 9.94.